The first-order chi connectivity index (χ1) is 8.93. The molecule has 0 spiro atoms. The van der Waals surface area contributed by atoms with Gasteiger partial charge in [-0.05, 0) is 0 Å². The van der Waals surface area contributed by atoms with Gasteiger partial charge in [0.2, 0.25) is 0 Å². The molecule has 3 rings (SSSR count). The van der Waals surface area contributed by atoms with Crippen molar-refractivity contribution >= 4 is 36.0 Å². The molecular weight excluding hydrogens is 335 g/mol. The number of halogens is 1. The van der Waals surface area contributed by atoms with Crippen molar-refractivity contribution in [3.05, 3.63) is 52.3 Å². The van der Waals surface area contributed by atoms with Crippen LogP contribution in [0.3, 0.4) is 0 Å². The zero-order valence-corrected chi connectivity index (χ0v) is 12.1. The van der Waals surface area contributed by atoms with Gasteiger partial charge in [0.05, 0.1) is 0 Å². The number of hydrogen-bond donors (Lipinski definition) is 0. The summed E-state index contributed by atoms with van der Waals surface area (Å²) in [4.78, 5) is 4.61. The molecule has 1 heterocycles. The Hall–Kier alpha value is -1.04. The molecule has 0 radical (unpaired) electrons. The molecule has 2 aromatic carbocycles. The van der Waals surface area contributed by atoms with Gasteiger partial charge in [-0.15, -0.1) is 10.2 Å². The Bertz CT molecular complexity index is 586. The van der Waals surface area contributed by atoms with Crippen LogP contribution in [0.1, 0.15) is 0 Å². The molecule has 0 aliphatic heterocycles. The van der Waals surface area contributed by atoms with Crippen LogP contribution in [0, 0.1) is 10.2 Å². The van der Waals surface area contributed by atoms with E-state index >= 15 is 0 Å². The van der Waals surface area contributed by atoms with Crippen molar-refractivity contribution < 1.29 is 28.9 Å². The van der Waals surface area contributed by atoms with Crippen LogP contribution in [0.15, 0.2) is 52.3 Å². The molecule has 0 saturated carbocycles. The molecule has 0 amide bonds. The molecule has 0 atom stereocenters. The summed E-state index contributed by atoms with van der Waals surface area (Å²) in [6.45, 7) is 0. The molecule has 0 N–H and O–H groups in total. The summed E-state index contributed by atoms with van der Waals surface area (Å²) in [7, 11) is -4.94. The second kappa shape index (κ2) is 5.94. The molecular formula is C13H9ClO4Se. The molecule has 0 aliphatic rings. The van der Waals surface area contributed by atoms with Crippen LogP contribution in [0.4, 0.5) is 0 Å². The van der Waals surface area contributed by atoms with Gasteiger partial charge in [0.1, 0.15) is 0 Å². The molecule has 98 valence electrons. The van der Waals surface area contributed by atoms with Gasteiger partial charge in [-0.3, -0.25) is 0 Å². The van der Waals surface area contributed by atoms with E-state index in [9.17, 15) is 0 Å². The van der Waals surface area contributed by atoms with Crippen molar-refractivity contribution in [2.45, 2.75) is 0 Å². The predicted molar refractivity (Wildman–Crippen MR) is 62.8 cm³/mol. The summed E-state index contributed by atoms with van der Waals surface area (Å²) in [5.41, 5.74) is 0. The maximum absolute atomic E-state index is 8.49. The zero-order valence-electron chi connectivity index (χ0n) is 9.62. The Labute approximate surface area is 117 Å². The van der Waals surface area contributed by atoms with Crippen LogP contribution >= 0.6 is 0 Å². The average molecular weight is 344 g/mol. The van der Waals surface area contributed by atoms with E-state index in [4.69, 9.17) is 18.6 Å². The van der Waals surface area contributed by atoms with Gasteiger partial charge in [0, 0.05) is 0 Å². The molecule has 0 aliphatic carbocycles. The maximum atomic E-state index is 8.49. The molecule has 0 bridgehead atoms. The number of benzene rings is 2. The molecule has 6 heteroatoms. The van der Waals surface area contributed by atoms with Gasteiger partial charge in [0.25, 0.3) is 0 Å². The van der Waals surface area contributed by atoms with Crippen LogP contribution in [0.2, 0.25) is 0 Å². The van der Waals surface area contributed by atoms with E-state index < -0.39 is 10.2 Å². The molecule has 4 nitrogen and oxygen atoms in total. The van der Waals surface area contributed by atoms with Crippen molar-refractivity contribution in [3.8, 4) is 0 Å². The fraction of sp³-hybridized carbons (Fsp3) is 0. The van der Waals surface area contributed by atoms with E-state index in [0.717, 1.165) is 0 Å². The molecule has 19 heavy (non-hydrogen) atoms. The quantitative estimate of drug-likeness (QED) is 0.370. The Morgan fingerprint density at radius 3 is 1.79 bits per heavy atom. The molecule has 3 aromatic rings. The van der Waals surface area contributed by atoms with Crippen LogP contribution in [0.5, 0.6) is 0 Å². The number of hydrogen-bond acceptors (Lipinski definition) is 4. The van der Waals surface area contributed by atoms with Gasteiger partial charge >= 0.3 is 88.4 Å². The fourth-order valence-corrected chi connectivity index (χ4v) is 3.12. The topological polar surface area (TPSA) is 92.2 Å². The van der Waals surface area contributed by atoms with Crippen molar-refractivity contribution in [1.82, 2.24) is 0 Å². The van der Waals surface area contributed by atoms with Gasteiger partial charge in [0.15, 0.2) is 0 Å². The SMILES string of the molecule is [O-][Cl+3]([O-])([O-])[O-].c1ccc2cc3c[se+]ccc3cc2c1. The Kier molecular flexibility index (Phi) is 4.50. The van der Waals surface area contributed by atoms with Gasteiger partial charge < -0.3 is 0 Å². The molecule has 1 aromatic heterocycles. The minimum atomic E-state index is -4.94. The summed E-state index contributed by atoms with van der Waals surface area (Å²) in [6.07, 6.45) is 0. The van der Waals surface area contributed by atoms with Crippen molar-refractivity contribution in [1.29, 1.82) is 0 Å². The zero-order chi connectivity index (χ0) is 13.9. The summed E-state index contributed by atoms with van der Waals surface area (Å²) in [5.74, 6) is 0. The minimum absolute atomic E-state index is 0.551. The van der Waals surface area contributed by atoms with Crippen LogP contribution < -0.4 is 18.6 Å². The summed E-state index contributed by atoms with van der Waals surface area (Å²) in [5, 5.41) is 5.43. The predicted octanol–water partition coefficient (Wildman–Crippen LogP) is -1.42. The van der Waals surface area contributed by atoms with E-state index in [1.165, 1.54) is 21.5 Å². The van der Waals surface area contributed by atoms with E-state index in [1.807, 2.05) is 0 Å². The fourth-order valence-electron chi connectivity index (χ4n) is 1.75. The Morgan fingerprint density at radius 2 is 1.21 bits per heavy atom. The first kappa shape index (κ1) is 14.4. The summed E-state index contributed by atoms with van der Waals surface area (Å²) < 4.78 is 34.0. The van der Waals surface area contributed by atoms with E-state index in [-0.39, 0.29) is 0 Å². The normalized spacial score (nSPS) is 11.2. The molecule has 0 saturated heterocycles. The second-order valence-electron chi connectivity index (χ2n) is 3.76. The molecule has 0 unspecified atom stereocenters. The van der Waals surface area contributed by atoms with Crippen LogP contribution in [0.25, 0.3) is 21.5 Å². The van der Waals surface area contributed by atoms with Gasteiger partial charge in [-0.25, -0.2) is 18.6 Å². The van der Waals surface area contributed by atoms with Crippen LogP contribution in [-0.2, 0) is 0 Å². The monoisotopic (exact) mass is 344 g/mol. The van der Waals surface area contributed by atoms with Crippen molar-refractivity contribution in [2.24, 2.45) is 0 Å². The van der Waals surface area contributed by atoms with E-state index in [1.54, 1.807) is 0 Å². The van der Waals surface area contributed by atoms with Gasteiger partial charge in [-0.1, -0.05) is 0 Å². The van der Waals surface area contributed by atoms with Crippen molar-refractivity contribution in [3.63, 3.8) is 0 Å². The second-order valence-corrected chi connectivity index (χ2v) is 6.16. The van der Waals surface area contributed by atoms with E-state index in [2.05, 4.69) is 52.3 Å². The first-order valence-corrected chi connectivity index (χ1v) is 8.44. The summed E-state index contributed by atoms with van der Waals surface area (Å²) >= 11 is 0.551. The third-order valence-corrected chi connectivity index (χ3v) is 3.91. The van der Waals surface area contributed by atoms with Crippen molar-refractivity contribution in [2.75, 3.05) is 0 Å². The third kappa shape index (κ3) is 4.53. The Balaban J connectivity index is 0.000000232. The third-order valence-electron chi connectivity index (χ3n) is 2.47. The number of rotatable bonds is 0. The number of fused-ring (bicyclic) bond motifs is 2. The average Bonchev–Trinajstić information content (AvgIpc) is 2.34. The Morgan fingerprint density at radius 1 is 0.737 bits per heavy atom. The van der Waals surface area contributed by atoms with Crippen LogP contribution in [-0.4, -0.2) is 14.5 Å². The van der Waals surface area contributed by atoms with E-state index in [0.29, 0.717) is 14.5 Å². The van der Waals surface area contributed by atoms with Gasteiger partial charge in [-0.2, -0.15) is 0 Å². The summed E-state index contributed by atoms with van der Waals surface area (Å²) in [6, 6.07) is 15.3. The molecule has 0 fully saturated rings. The first-order valence-electron chi connectivity index (χ1n) is 5.23. The standard InChI is InChI=1S/C13H9Se.ClHO4/c1-2-4-11-8-13-9-14-6-5-12(13)7-10(11)3-1;2-1(3,4)5/h1-9H;(H,2,3,4,5)/q+1;/p-1.